The number of carbonyl (C=O) groups excluding carboxylic acids is 1. The van der Waals surface area contributed by atoms with Gasteiger partial charge in [-0.15, -0.1) is 12.4 Å². The van der Waals surface area contributed by atoms with E-state index in [1.54, 1.807) is 12.1 Å². The van der Waals surface area contributed by atoms with Gasteiger partial charge in [-0.25, -0.2) is 8.42 Å². The summed E-state index contributed by atoms with van der Waals surface area (Å²) < 4.78 is 28.2. The van der Waals surface area contributed by atoms with Gasteiger partial charge < -0.3 is 15.8 Å². The number of nitrogens with one attached hydrogen (secondary N) is 1. The molecule has 2 aromatic rings. The Labute approximate surface area is 160 Å². The molecule has 2 rings (SSSR count). The van der Waals surface area contributed by atoms with E-state index < -0.39 is 9.84 Å². The first-order valence-corrected chi connectivity index (χ1v) is 9.78. The van der Waals surface area contributed by atoms with E-state index in [0.717, 1.165) is 23.9 Å². The summed E-state index contributed by atoms with van der Waals surface area (Å²) in [7, 11) is -3.22. The number of rotatable bonds is 8. The largest absolute Gasteiger partial charge is 0.493 e. The van der Waals surface area contributed by atoms with E-state index in [1.165, 1.54) is 12.1 Å². The average Bonchev–Trinajstić information content (AvgIpc) is 2.56. The summed E-state index contributed by atoms with van der Waals surface area (Å²) in [6.07, 6.45) is 2.12. The van der Waals surface area contributed by atoms with Gasteiger partial charge in [0.25, 0.3) is 0 Å². The van der Waals surface area contributed by atoms with Crippen molar-refractivity contribution in [2.75, 3.05) is 25.1 Å². The molecule has 8 heteroatoms. The van der Waals surface area contributed by atoms with Gasteiger partial charge in [0.05, 0.1) is 17.9 Å². The Balaban J connectivity index is 0.00000338. The molecule has 2 aromatic carbocycles. The zero-order chi connectivity index (χ0) is 18.3. The molecule has 0 unspecified atom stereocenters. The molecule has 0 aromatic heterocycles. The summed E-state index contributed by atoms with van der Waals surface area (Å²) >= 11 is 0. The molecule has 0 aliphatic rings. The van der Waals surface area contributed by atoms with Crippen LogP contribution in [0.25, 0.3) is 0 Å². The average molecular weight is 399 g/mol. The summed E-state index contributed by atoms with van der Waals surface area (Å²) in [6.45, 7) is 0.776. The number of sulfone groups is 1. The third-order valence-electron chi connectivity index (χ3n) is 3.57. The van der Waals surface area contributed by atoms with Crippen LogP contribution < -0.4 is 15.8 Å². The van der Waals surface area contributed by atoms with E-state index in [1.807, 2.05) is 24.3 Å². The number of halogens is 1. The molecule has 0 atom stereocenters. The van der Waals surface area contributed by atoms with Crippen molar-refractivity contribution in [1.29, 1.82) is 0 Å². The smallest absolute Gasteiger partial charge is 0.223 e. The number of ether oxygens (including phenoxy) is 1. The Morgan fingerprint density at radius 1 is 1.08 bits per heavy atom. The number of benzene rings is 2. The maximum Gasteiger partial charge on any atom is 0.223 e. The summed E-state index contributed by atoms with van der Waals surface area (Å²) in [5, 5.41) is 2.83. The highest BCUT2D eigenvalue weighted by atomic mass is 35.5. The monoisotopic (exact) mass is 398 g/mol. The van der Waals surface area contributed by atoms with Crippen LogP contribution in [0.2, 0.25) is 0 Å². The van der Waals surface area contributed by atoms with Crippen molar-refractivity contribution in [3.05, 3.63) is 54.1 Å². The van der Waals surface area contributed by atoms with Gasteiger partial charge in [-0.2, -0.15) is 0 Å². The topological polar surface area (TPSA) is 98.5 Å². The summed E-state index contributed by atoms with van der Waals surface area (Å²) in [6, 6.07) is 13.7. The molecule has 0 aliphatic heterocycles. The molecule has 0 spiro atoms. The van der Waals surface area contributed by atoms with Crippen LogP contribution in [0.3, 0.4) is 0 Å². The second-order valence-corrected chi connectivity index (χ2v) is 7.70. The molecule has 3 N–H and O–H groups in total. The highest BCUT2D eigenvalue weighted by molar-refractivity contribution is 7.90. The van der Waals surface area contributed by atoms with E-state index in [0.29, 0.717) is 12.3 Å². The zero-order valence-corrected chi connectivity index (χ0v) is 16.1. The molecular weight excluding hydrogens is 376 g/mol. The van der Waals surface area contributed by atoms with Gasteiger partial charge in [0, 0.05) is 18.5 Å². The van der Waals surface area contributed by atoms with Gasteiger partial charge in [0.2, 0.25) is 5.91 Å². The first-order valence-electron chi connectivity index (χ1n) is 7.88. The lowest BCUT2D eigenvalue weighted by molar-refractivity contribution is -0.121. The lowest BCUT2D eigenvalue weighted by atomic mass is 10.1. The fourth-order valence-electron chi connectivity index (χ4n) is 2.16. The van der Waals surface area contributed by atoms with Gasteiger partial charge in [-0.3, -0.25) is 4.79 Å². The fraction of sp³-hybridized carbons (Fsp3) is 0.278. The lowest BCUT2D eigenvalue weighted by Gasteiger charge is -2.08. The Kier molecular flexibility index (Phi) is 8.41. The fourth-order valence-corrected chi connectivity index (χ4v) is 2.79. The van der Waals surface area contributed by atoms with Gasteiger partial charge in [-0.05, 0) is 48.4 Å². The van der Waals surface area contributed by atoms with Crippen molar-refractivity contribution in [3.63, 3.8) is 0 Å². The Morgan fingerprint density at radius 3 is 2.27 bits per heavy atom. The van der Waals surface area contributed by atoms with Crippen LogP contribution in [0.5, 0.6) is 5.75 Å². The van der Waals surface area contributed by atoms with Crippen LogP contribution in [0.4, 0.5) is 5.69 Å². The van der Waals surface area contributed by atoms with Crippen molar-refractivity contribution in [2.24, 2.45) is 0 Å². The number of anilines is 1. The molecule has 0 saturated heterocycles. The van der Waals surface area contributed by atoms with Crippen LogP contribution in [-0.2, 0) is 21.1 Å². The van der Waals surface area contributed by atoms with Crippen LogP contribution in [0.1, 0.15) is 12.0 Å². The third-order valence-corrected chi connectivity index (χ3v) is 4.69. The first-order chi connectivity index (χ1) is 11.8. The van der Waals surface area contributed by atoms with E-state index in [4.69, 9.17) is 10.5 Å². The van der Waals surface area contributed by atoms with Crippen molar-refractivity contribution in [3.8, 4) is 5.75 Å². The standard InChI is InChI=1S/C18H22N2O4S.ClH/c1-25(22,23)17-8-6-16(7-9-17)24-13-11-18(21)20-12-10-14-2-4-15(19)5-3-14;/h2-9H,10-13,19H2,1H3,(H,20,21);1H. The summed E-state index contributed by atoms with van der Waals surface area (Å²) in [5.74, 6) is 0.435. The van der Waals surface area contributed by atoms with Crippen molar-refractivity contribution < 1.29 is 17.9 Å². The Morgan fingerprint density at radius 2 is 1.69 bits per heavy atom. The highest BCUT2D eigenvalue weighted by Crippen LogP contribution is 2.15. The van der Waals surface area contributed by atoms with E-state index in [9.17, 15) is 13.2 Å². The van der Waals surface area contributed by atoms with Gasteiger partial charge >= 0.3 is 0 Å². The third kappa shape index (κ3) is 7.33. The van der Waals surface area contributed by atoms with E-state index in [-0.39, 0.29) is 36.2 Å². The molecule has 0 radical (unpaired) electrons. The quantitative estimate of drug-likeness (QED) is 0.664. The number of nitrogen functional groups attached to an aromatic ring is 1. The summed E-state index contributed by atoms with van der Waals surface area (Å²) in [5.41, 5.74) is 7.45. The van der Waals surface area contributed by atoms with Crippen molar-refractivity contribution >= 4 is 33.8 Å². The predicted molar refractivity (Wildman–Crippen MR) is 104 cm³/mol. The second-order valence-electron chi connectivity index (χ2n) is 5.68. The molecule has 0 fully saturated rings. The van der Waals surface area contributed by atoms with Crippen molar-refractivity contribution in [1.82, 2.24) is 5.32 Å². The number of hydrogen-bond donors (Lipinski definition) is 2. The Bertz CT molecular complexity index is 806. The SMILES string of the molecule is CS(=O)(=O)c1ccc(OCCC(=O)NCCc2ccc(N)cc2)cc1.Cl. The molecule has 0 bridgehead atoms. The lowest BCUT2D eigenvalue weighted by Crippen LogP contribution is -2.27. The second kappa shape index (κ2) is 10.0. The van der Waals surface area contributed by atoms with Crippen LogP contribution in [-0.4, -0.2) is 33.7 Å². The van der Waals surface area contributed by atoms with Gasteiger partial charge in [0.15, 0.2) is 9.84 Å². The molecule has 0 heterocycles. The maximum atomic E-state index is 11.8. The van der Waals surface area contributed by atoms with Crippen molar-refractivity contribution in [2.45, 2.75) is 17.7 Å². The minimum Gasteiger partial charge on any atom is -0.493 e. The normalized spacial score (nSPS) is 10.7. The zero-order valence-electron chi connectivity index (χ0n) is 14.5. The minimum atomic E-state index is -3.22. The van der Waals surface area contributed by atoms with Crippen LogP contribution in [0.15, 0.2) is 53.4 Å². The molecule has 26 heavy (non-hydrogen) atoms. The number of amides is 1. The first kappa shape index (κ1) is 21.8. The minimum absolute atomic E-state index is 0. The molecule has 0 aliphatic carbocycles. The van der Waals surface area contributed by atoms with E-state index >= 15 is 0 Å². The maximum absolute atomic E-state index is 11.8. The Hall–Kier alpha value is -2.25. The van der Waals surface area contributed by atoms with Gasteiger partial charge in [0.1, 0.15) is 5.75 Å². The molecule has 6 nitrogen and oxygen atoms in total. The number of hydrogen-bond acceptors (Lipinski definition) is 5. The molecular formula is C18H23ClN2O4S. The molecule has 0 saturated carbocycles. The number of carbonyl (C=O) groups is 1. The van der Waals surface area contributed by atoms with E-state index in [2.05, 4.69) is 5.32 Å². The van der Waals surface area contributed by atoms with Gasteiger partial charge in [-0.1, -0.05) is 12.1 Å². The highest BCUT2D eigenvalue weighted by Gasteiger charge is 2.07. The number of nitrogens with two attached hydrogens (primary N) is 1. The predicted octanol–water partition coefficient (Wildman–Crippen LogP) is 2.22. The van der Waals surface area contributed by atoms with Crippen LogP contribution >= 0.6 is 12.4 Å². The van der Waals surface area contributed by atoms with Crippen LogP contribution in [0, 0.1) is 0 Å². The molecule has 142 valence electrons. The summed E-state index contributed by atoms with van der Waals surface area (Å²) in [4.78, 5) is 12.0. The molecule has 1 amide bonds.